The second-order valence-corrected chi connectivity index (χ2v) is 9.81. The molecule has 2 N–H and O–H groups in total. The van der Waals surface area contributed by atoms with E-state index in [1.54, 1.807) is 5.38 Å². The van der Waals surface area contributed by atoms with Crippen LogP contribution in [0.4, 0.5) is 0 Å². The molecule has 1 aromatic heterocycles. The van der Waals surface area contributed by atoms with Crippen LogP contribution in [-0.2, 0) is 27.8 Å². The minimum atomic E-state index is -4.75. The summed E-state index contributed by atoms with van der Waals surface area (Å²) in [6.07, 6.45) is 0. The van der Waals surface area contributed by atoms with Crippen LogP contribution < -0.4 is 0 Å². The van der Waals surface area contributed by atoms with Crippen molar-refractivity contribution in [2.75, 3.05) is 19.0 Å². The molecule has 0 aliphatic carbocycles. The summed E-state index contributed by atoms with van der Waals surface area (Å²) in [6.45, 7) is 0.0767. The van der Waals surface area contributed by atoms with E-state index in [2.05, 4.69) is 8.83 Å². The van der Waals surface area contributed by atoms with Crippen LogP contribution in [0.3, 0.4) is 0 Å². The highest BCUT2D eigenvalue weighted by Gasteiger charge is 2.30. The Morgan fingerprint density at radius 1 is 1.37 bits per heavy atom. The Morgan fingerprint density at radius 3 is 2.47 bits per heavy atom. The first kappa shape index (κ1) is 17.0. The van der Waals surface area contributed by atoms with Crippen LogP contribution in [-0.4, -0.2) is 37.2 Å². The minimum Gasteiger partial charge on any atom is -0.324 e. The molecule has 8 nitrogen and oxygen atoms in total. The van der Waals surface area contributed by atoms with E-state index in [1.807, 2.05) is 0 Å². The molecule has 0 amide bonds. The number of hydrogen-bond acceptors (Lipinski definition) is 7. The zero-order valence-corrected chi connectivity index (χ0v) is 13.1. The molecule has 2 atom stereocenters. The molecular weight excluding hydrogens is 338 g/mol. The summed E-state index contributed by atoms with van der Waals surface area (Å²) in [7, 11) is -12.6. The van der Waals surface area contributed by atoms with Crippen LogP contribution in [0.1, 0.15) is 0 Å². The first-order valence-electron chi connectivity index (χ1n) is 4.76. The highest BCUT2D eigenvalue weighted by Crippen LogP contribution is 2.57. The fraction of sp³-hybridized carbons (Fsp3) is 0.429. The molecule has 1 heterocycles. The van der Waals surface area contributed by atoms with Gasteiger partial charge < -0.3 is 9.79 Å². The molecule has 0 aliphatic heterocycles. The Bertz CT molecular complexity index is 601. The van der Waals surface area contributed by atoms with Gasteiger partial charge in [0.15, 0.2) is 9.84 Å². The standard InChI is InChI=1S/C7H12O8P2S2/c1-16(8,9)15-17(10,11)14-3-5-19(12,13)7-2-4-18-6-7/h2,4,6H,3,5H2,1H3,(H,8,9)(H,10,11). The molecule has 0 radical (unpaired) electrons. The second kappa shape index (κ2) is 6.15. The lowest BCUT2D eigenvalue weighted by molar-refractivity contribution is 0.206. The van der Waals surface area contributed by atoms with E-state index in [9.17, 15) is 17.5 Å². The van der Waals surface area contributed by atoms with Crippen molar-refractivity contribution >= 4 is 36.6 Å². The van der Waals surface area contributed by atoms with Gasteiger partial charge in [0.2, 0.25) is 0 Å². The van der Waals surface area contributed by atoms with E-state index in [0.29, 0.717) is 6.66 Å². The summed E-state index contributed by atoms with van der Waals surface area (Å²) in [5, 5.41) is 2.99. The quantitative estimate of drug-likeness (QED) is 0.708. The van der Waals surface area contributed by atoms with Gasteiger partial charge in [-0.2, -0.15) is 11.3 Å². The number of sulfone groups is 1. The number of rotatable bonds is 7. The maximum atomic E-state index is 11.7. The van der Waals surface area contributed by atoms with Crippen molar-refractivity contribution in [2.45, 2.75) is 4.90 Å². The maximum absolute atomic E-state index is 11.7. The second-order valence-electron chi connectivity index (χ2n) is 3.46. The van der Waals surface area contributed by atoms with Gasteiger partial charge in [-0.15, -0.1) is 0 Å². The van der Waals surface area contributed by atoms with Gasteiger partial charge in [0.1, 0.15) is 0 Å². The van der Waals surface area contributed by atoms with Crippen molar-refractivity contribution < 1.29 is 36.2 Å². The number of thiophene rings is 1. The zero-order valence-electron chi connectivity index (χ0n) is 9.70. The molecule has 12 heteroatoms. The van der Waals surface area contributed by atoms with Crippen molar-refractivity contribution in [1.29, 1.82) is 0 Å². The largest absolute Gasteiger partial charge is 0.479 e. The highest BCUT2D eigenvalue weighted by atomic mass is 32.2. The van der Waals surface area contributed by atoms with Gasteiger partial charge in [0.05, 0.1) is 17.3 Å². The van der Waals surface area contributed by atoms with Crippen LogP contribution in [0, 0.1) is 0 Å². The summed E-state index contributed by atoms with van der Waals surface area (Å²) >= 11 is 1.19. The Balaban J connectivity index is 2.56. The third kappa shape index (κ3) is 6.29. The normalized spacial score (nSPS) is 18.7. The number of phosphoric acid groups is 1. The van der Waals surface area contributed by atoms with E-state index in [4.69, 9.17) is 9.79 Å². The predicted octanol–water partition coefficient (Wildman–Crippen LogP) is 1.47. The molecule has 2 unspecified atom stereocenters. The van der Waals surface area contributed by atoms with Crippen LogP contribution in [0.15, 0.2) is 21.7 Å². The van der Waals surface area contributed by atoms with Gasteiger partial charge in [-0.3, -0.25) is 9.09 Å². The van der Waals surface area contributed by atoms with Gasteiger partial charge >= 0.3 is 15.4 Å². The molecule has 19 heavy (non-hydrogen) atoms. The first-order valence-corrected chi connectivity index (χ1v) is 10.9. The van der Waals surface area contributed by atoms with E-state index in [1.165, 1.54) is 22.8 Å². The molecule has 0 bridgehead atoms. The van der Waals surface area contributed by atoms with Crippen molar-refractivity contribution in [2.24, 2.45) is 0 Å². The molecule has 0 fully saturated rings. The van der Waals surface area contributed by atoms with E-state index < -0.39 is 37.6 Å². The Labute approximate surface area is 114 Å². The number of hydrogen-bond donors (Lipinski definition) is 2. The summed E-state index contributed by atoms with van der Waals surface area (Å²) in [5.74, 6) is -0.545. The smallest absolute Gasteiger partial charge is 0.324 e. The first-order chi connectivity index (χ1) is 8.52. The number of phosphoric ester groups is 1. The van der Waals surface area contributed by atoms with Gasteiger partial charge in [0, 0.05) is 12.0 Å². The monoisotopic (exact) mass is 350 g/mol. The molecule has 0 spiro atoms. The fourth-order valence-electron chi connectivity index (χ4n) is 1.02. The lowest BCUT2D eigenvalue weighted by Crippen LogP contribution is -2.11. The van der Waals surface area contributed by atoms with Gasteiger partial charge in [-0.25, -0.2) is 17.3 Å². The predicted molar refractivity (Wildman–Crippen MR) is 69.0 cm³/mol. The van der Waals surface area contributed by atoms with Gasteiger partial charge in [0.25, 0.3) is 0 Å². The molecule has 1 aromatic rings. The Kier molecular flexibility index (Phi) is 5.51. The molecule has 1 rings (SSSR count). The third-order valence-electron chi connectivity index (χ3n) is 1.72. The Morgan fingerprint density at radius 2 is 2.00 bits per heavy atom. The van der Waals surface area contributed by atoms with Crippen molar-refractivity contribution in [3.8, 4) is 0 Å². The molecule has 0 aromatic carbocycles. The molecule has 110 valence electrons. The average molecular weight is 350 g/mol. The van der Waals surface area contributed by atoms with Gasteiger partial charge in [-0.1, -0.05) is 0 Å². The van der Waals surface area contributed by atoms with Crippen LogP contribution in [0.2, 0.25) is 0 Å². The van der Waals surface area contributed by atoms with Crippen LogP contribution in [0.5, 0.6) is 0 Å². The van der Waals surface area contributed by atoms with Crippen molar-refractivity contribution in [3.63, 3.8) is 0 Å². The molecule has 0 aliphatic rings. The Hall–Kier alpha value is -0.0500. The summed E-state index contributed by atoms with van der Waals surface area (Å²) in [5.41, 5.74) is 0. The topological polar surface area (TPSA) is 127 Å². The summed E-state index contributed by atoms with van der Waals surface area (Å²) in [6, 6.07) is 1.39. The fourth-order valence-corrected chi connectivity index (χ4v) is 5.36. The lowest BCUT2D eigenvalue weighted by Gasteiger charge is -2.13. The summed E-state index contributed by atoms with van der Waals surface area (Å²) in [4.78, 5) is 17.9. The lowest BCUT2D eigenvalue weighted by atomic mass is 10.7. The molecular formula is C7H12O8P2S2. The van der Waals surface area contributed by atoms with Crippen LogP contribution in [0.25, 0.3) is 0 Å². The molecule has 0 saturated heterocycles. The summed E-state index contributed by atoms with van der Waals surface area (Å²) < 4.78 is 53.6. The van der Waals surface area contributed by atoms with Gasteiger partial charge in [-0.05, 0) is 11.4 Å². The van der Waals surface area contributed by atoms with E-state index in [-0.39, 0.29) is 4.90 Å². The van der Waals surface area contributed by atoms with Crippen molar-refractivity contribution in [1.82, 2.24) is 0 Å². The maximum Gasteiger partial charge on any atom is 0.479 e. The van der Waals surface area contributed by atoms with Crippen LogP contribution >= 0.6 is 26.8 Å². The minimum absolute atomic E-state index is 0.0816. The molecule has 0 saturated carbocycles. The highest BCUT2D eigenvalue weighted by molar-refractivity contribution is 7.91. The zero-order chi connectivity index (χ0) is 14.7. The third-order valence-corrected chi connectivity index (χ3v) is 6.77. The average Bonchev–Trinajstić information content (AvgIpc) is 2.64. The van der Waals surface area contributed by atoms with E-state index in [0.717, 1.165) is 0 Å². The van der Waals surface area contributed by atoms with Crippen molar-refractivity contribution in [3.05, 3.63) is 16.8 Å². The van der Waals surface area contributed by atoms with E-state index >= 15 is 0 Å². The SMILES string of the molecule is CP(=O)(O)OP(=O)(O)OCCS(=O)(=O)c1ccsc1.